The number of likely N-dealkylation sites (tertiary alicyclic amines) is 1. The highest BCUT2D eigenvalue weighted by Crippen LogP contribution is 2.41. The van der Waals surface area contributed by atoms with Crippen LogP contribution in [0.3, 0.4) is 0 Å². The molecule has 4 heterocycles. The third kappa shape index (κ3) is 3.25. The summed E-state index contributed by atoms with van der Waals surface area (Å²) >= 11 is 0. The SMILES string of the molecule is CC.c1cnc(N2CC3(CN(CC4CCNCC4)C3)C2)nc1. The Bertz CT molecular complexity index is 443. The molecule has 0 saturated carbocycles. The Hall–Kier alpha value is -1.20. The molecule has 1 N–H and O–H groups in total. The molecule has 0 atom stereocenters. The van der Waals surface area contributed by atoms with Gasteiger partial charge in [-0.25, -0.2) is 9.97 Å². The minimum atomic E-state index is 0.548. The van der Waals surface area contributed by atoms with Crippen LogP contribution >= 0.6 is 0 Å². The summed E-state index contributed by atoms with van der Waals surface area (Å²) in [6, 6.07) is 1.88. The van der Waals surface area contributed by atoms with Crippen LogP contribution in [0.5, 0.6) is 0 Å². The van der Waals surface area contributed by atoms with Gasteiger partial charge in [-0.2, -0.15) is 0 Å². The van der Waals surface area contributed by atoms with E-state index < -0.39 is 0 Å². The van der Waals surface area contributed by atoms with Crippen molar-refractivity contribution in [1.82, 2.24) is 20.2 Å². The number of aromatic nitrogens is 2. The fraction of sp³-hybridized carbons (Fsp3) is 0.765. The minimum absolute atomic E-state index is 0.548. The third-order valence-corrected chi connectivity index (χ3v) is 4.98. The maximum absolute atomic E-state index is 4.33. The molecule has 1 spiro atoms. The molecule has 0 radical (unpaired) electrons. The number of nitrogens with zero attached hydrogens (tertiary/aromatic N) is 4. The highest BCUT2D eigenvalue weighted by atomic mass is 15.4. The summed E-state index contributed by atoms with van der Waals surface area (Å²) in [5, 5.41) is 3.45. The number of piperidine rings is 1. The summed E-state index contributed by atoms with van der Waals surface area (Å²) in [5.74, 6) is 1.82. The molecule has 5 heteroatoms. The molecule has 5 nitrogen and oxygen atoms in total. The Balaban J connectivity index is 0.000000693. The van der Waals surface area contributed by atoms with E-state index in [0.717, 1.165) is 25.0 Å². The summed E-state index contributed by atoms with van der Waals surface area (Å²) in [4.78, 5) is 13.6. The van der Waals surface area contributed by atoms with E-state index in [-0.39, 0.29) is 0 Å². The smallest absolute Gasteiger partial charge is 0.225 e. The molecule has 0 unspecified atom stereocenters. The van der Waals surface area contributed by atoms with Gasteiger partial charge in [-0.15, -0.1) is 0 Å². The molecule has 1 aromatic heterocycles. The zero-order chi connectivity index (χ0) is 15.4. The summed E-state index contributed by atoms with van der Waals surface area (Å²) in [7, 11) is 0. The molecule has 4 rings (SSSR count). The van der Waals surface area contributed by atoms with Crippen LogP contribution in [0.1, 0.15) is 26.7 Å². The second-order valence-electron chi connectivity index (χ2n) is 6.77. The highest BCUT2D eigenvalue weighted by molar-refractivity contribution is 5.37. The van der Waals surface area contributed by atoms with Gasteiger partial charge >= 0.3 is 0 Å². The van der Waals surface area contributed by atoms with Crippen molar-refractivity contribution < 1.29 is 0 Å². The lowest BCUT2D eigenvalue weighted by Crippen LogP contribution is -2.72. The van der Waals surface area contributed by atoms with Crippen LogP contribution in [0.15, 0.2) is 18.5 Å². The van der Waals surface area contributed by atoms with E-state index >= 15 is 0 Å². The Morgan fingerprint density at radius 2 is 1.73 bits per heavy atom. The van der Waals surface area contributed by atoms with Crippen LogP contribution in [-0.4, -0.2) is 60.7 Å². The first-order chi connectivity index (χ1) is 10.8. The second-order valence-corrected chi connectivity index (χ2v) is 6.77. The fourth-order valence-electron chi connectivity index (χ4n) is 4.02. The van der Waals surface area contributed by atoms with E-state index in [2.05, 4.69) is 25.1 Å². The first-order valence-electron chi connectivity index (χ1n) is 8.78. The summed E-state index contributed by atoms with van der Waals surface area (Å²) in [5.41, 5.74) is 0.548. The van der Waals surface area contributed by atoms with Crippen LogP contribution < -0.4 is 10.2 Å². The van der Waals surface area contributed by atoms with Gasteiger partial charge in [0.25, 0.3) is 0 Å². The molecular weight excluding hydrogens is 274 g/mol. The standard InChI is InChI=1S/C15H23N5.C2H6/c1-4-17-14(18-5-1)20-11-15(12-20)9-19(10-15)8-13-2-6-16-7-3-13;1-2/h1,4-5,13,16H,2-3,6-12H2;1-2H3. The van der Waals surface area contributed by atoms with E-state index in [1.165, 1.54) is 45.6 Å². The van der Waals surface area contributed by atoms with Gasteiger partial charge in [0.2, 0.25) is 5.95 Å². The van der Waals surface area contributed by atoms with Gasteiger partial charge in [-0.1, -0.05) is 13.8 Å². The van der Waals surface area contributed by atoms with E-state index in [0.29, 0.717) is 5.41 Å². The van der Waals surface area contributed by atoms with Crippen LogP contribution in [-0.2, 0) is 0 Å². The van der Waals surface area contributed by atoms with Gasteiger partial charge in [-0.3, -0.25) is 0 Å². The van der Waals surface area contributed by atoms with Crippen LogP contribution in [0, 0.1) is 11.3 Å². The first kappa shape index (κ1) is 15.7. The molecule has 0 amide bonds. The molecule has 3 fully saturated rings. The molecule has 3 saturated heterocycles. The lowest BCUT2D eigenvalue weighted by Gasteiger charge is -2.60. The van der Waals surface area contributed by atoms with E-state index in [1.807, 2.05) is 32.3 Å². The van der Waals surface area contributed by atoms with E-state index in [4.69, 9.17) is 0 Å². The molecule has 3 aliphatic rings. The van der Waals surface area contributed by atoms with Crippen molar-refractivity contribution in [3.05, 3.63) is 18.5 Å². The molecule has 1 aromatic rings. The van der Waals surface area contributed by atoms with Crippen LogP contribution in [0.2, 0.25) is 0 Å². The Labute approximate surface area is 134 Å². The average Bonchev–Trinajstić information content (AvgIpc) is 2.52. The van der Waals surface area contributed by atoms with Gasteiger partial charge in [0.1, 0.15) is 0 Å². The highest BCUT2D eigenvalue weighted by Gasteiger charge is 2.52. The van der Waals surface area contributed by atoms with Crippen molar-refractivity contribution in [2.24, 2.45) is 11.3 Å². The number of nitrogens with one attached hydrogen (secondary N) is 1. The molecular formula is C17H29N5. The largest absolute Gasteiger partial charge is 0.339 e. The lowest BCUT2D eigenvalue weighted by atomic mass is 9.72. The Kier molecular flexibility index (Phi) is 4.93. The normalized spacial score (nSPS) is 24.2. The van der Waals surface area contributed by atoms with Crippen molar-refractivity contribution in [1.29, 1.82) is 0 Å². The van der Waals surface area contributed by atoms with Gasteiger partial charge in [0, 0.05) is 50.5 Å². The van der Waals surface area contributed by atoms with Crippen LogP contribution in [0.25, 0.3) is 0 Å². The molecule has 0 aromatic carbocycles. The van der Waals surface area contributed by atoms with E-state index in [9.17, 15) is 0 Å². The Morgan fingerprint density at radius 1 is 1.09 bits per heavy atom. The van der Waals surface area contributed by atoms with Gasteiger partial charge in [0.05, 0.1) is 0 Å². The zero-order valence-electron chi connectivity index (χ0n) is 14.0. The van der Waals surface area contributed by atoms with Crippen molar-refractivity contribution in [2.75, 3.05) is 50.7 Å². The number of rotatable bonds is 3. The maximum atomic E-state index is 4.33. The summed E-state index contributed by atoms with van der Waals surface area (Å²) in [6.45, 7) is 12.6. The van der Waals surface area contributed by atoms with Gasteiger partial charge < -0.3 is 15.1 Å². The van der Waals surface area contributed by atoms with Gasteiger partial charge in [-0.05, 0) is 37.9 Å². The predicted octanol–water partition coefficient (Wildman–Crippen LogP) is 1.62. The van der Waals surface area contributed by atoms with Crippen molar-refractivity contribution in [3.63, 3.8) is 0 Å². The van der Waals surface area contributed by atoms with Crippen LogP contribution in [0.4, 0.5) is 5.95 Å². The lowest BCUT2D eigenvalue weighted by molar-refractivity contribution is -0.0334. The van der Waals surface area contributed by atoms with E-state index in [1.54, 1.807) is 0 Å². The number of hydrogen-bond acceptors (Lipinski definition) is 5. The first-order valence-corrected chi connectivity index (χ1v) is 8.78. The zero-order valence-corrected chi connectivity index (χ0v) is 14.0. The molecule has 3 aliphatic heterocycles. The monoisotopic (exact) mass is 303 g/mol. The molecule has 0 bridgehead atoms. The quantitative estimate of drug-likeness (QED) is 0.919. The molecule has 122 valence electrons. The van der Waals surface area contributed by atoms with Crippen molar-refractivity contribution in [2.45, 2.75) is 26.7 Å². The Morgan fingerprint density at radius 3 is 2.36 bits per heavy atom. The summed E-state index contributed by atoms with van der Waals surface area (Å²) < 4.78 is 0. The summed E-state index contributed by atoms with van der Waals surface area (Å²) in [6.07, 6.45) is 6.37. The van der Waals surface area contributed by atoms with Crippen molar-refractivity contribution in [3.8, 4) is 0 Å². The maximum Gasteiger partial charge on any atom is 0.225 e. The predicted molar refractivity (Wildman–Crippen MR) is 90.1 cm³/mol. The topological polar surface area (TPSA) is 44.3 Å². The molecule has 22 heavy (non-hydrogen) atoms. The number of hydrogen-bond donors (Lipinski definition) is 1. The fourth-order valence-corrected chi connectivity index (χ4v) is 4.02. The molecule has 0 aliphatic carbocycles. The van der Waals surface area contributed by atoms with Crippen molar-refractivity contribution >= 4 is 5.95 Å². The average molecular weight is 303 g/mol. The second kappa shape index (κ2) is 6.92. The number of anilines is 1. The minimum Gasteiger partial charge on any atom is -0.339 e. The third-order valence-electron chi connectivity index (χ3n) is 4.98. The van der Waals surface area contributed by atoms with Gasteiger partial charge in [0.15, 0.2) is 0 Å².